The summed E-state index contributed by atoms with van der Waals surface area (Å²) in [5.41, 5.74) is 4.29. The second kappa shape index (κ2) is 12.2. The van der Waals surface area contributed by atoms with Crippen molar-refractivity contribution in [1.29, 1.82) is 0 Å². The second-order valence-electron chi connectivity index (χ2n) is 9.63. The molecule has 2 amide bonds. The molecule has 0 bridgehead atoms. The number of fused-ring (bicyclic) bond motifs is 1. The summed E-state index contributed by atoms with van der Waals surface area (Å²) in [5.74, 6) is -0.462. The van der Waals surface area contributed by atoms with Crippen molar-refractivity contribution in [3.05, 3.63) is 131 Å². The number of rotatable bonds is 7. The molecule has 6 rings (SSSR count). The number of pyridine rings is 1. The molecule has 3 aromatic carbocycles. The molecule has 1 atom stereocenters. The van der Waals surface area contributed by atoms with Crippen molar-refractivity contribution in [2.75, 3.05) is 17.2 Å². The first kappa shape index (κ1) is 27.7. The van der Waals surface area contributed by atoms with E-state index in [1.165, 1.54) is 28.8 Å². The van der Waals surface area contributed by atoms with Gasteiger partial charge in [-0.3, -0.25) is 19.5 Å². The topological polar surface area (TPSA) is 80.1 Å². The van der Waals surface area contributed by atoms with Gasteiger partial charge in [0.2, 0.25) is 11.8 Å². The maximum absolute atomic E-state index is 14.0. The first-order valence-corrected chi connectivity index (χ1v) is 14.7. The van der Waals surface area contributed by atoms with Gasteiger partial charge in [-0.1, -0.05) is 66.2 Å². The molecular formula is C32H25ClFN5O2S. The molecule has 10 heteroatoms. The minimum Gasteiger partial charge on any atom is -0.349 e. The van der Waals surface area contributed by atoms with E-state index in [2.05, 4.69) is 10.3 Å². The van der Waals surface area contributed by atoms with Gasteiger partial charge in [-0.2, -0.15) is 5.10 Å². The molecule has 0 spiro atoms. The minimum absolute atomic E-state index is 0.107. The minimum atomic E-state index is -0.397. The van der Waals surface area contributed by atoms with E-state index in [1.807, 2.05) is 66.7 Å². The number of anilines is 1. The molecule has 0 saturated carbocycles. The normalized spacial score (nSPS) is 14.8. The Hall–Kier alpha value is -4.47. The van der Waals surface area contributed by atoms with Gasteiger partial charge in [0.1, 0.15) is 18.2 Å². The van der Waals surface area contributed by atoms with Gasteiger partial charge in [-0.05, 0) is 48.0 Å². The van der Waals surface area contributed by atoms with E-state index in [9.17, 15) is 14.0 Å². The van der Waals surface area contributed by atoms with Crippen LogP contribution in [0.4, 0.5) is 10.2 Å². The lowest BCUT2D eigenvalue weighted by Crippen LogP contribution is -2.42. The number of benzene rings is 3. The monoisotopic (exact) mass is 597 g/mol. The smallest absolute Gasteiger partial charge is 0.240 e. The van der Waals surface area contributed by atoms with Crippen LogP contribution in [-0.4, -0.2) is 38.9 Å². The Kier molecular flexibility index (Phi) is 8.03. The number of aromatic nitrogens is 3. The highest BCUT2D eigenvalue weighted by atomic mass is 35.5. The fourth-order valence-corrected chi connectivity index (χ4v) is 6.46. The van der Waals surface area contributed by atoms with Crippen molar-refractivity contribution < 1.29 is 14.0 Å². The Morgan fingerprint density at radius 2 is 1.71 bits per heavy atom. The lowest BCUT2D eigenvalue weighted by Gasteiger charge is -2.23. The van der Waals surface area contributed by atoms with Gasteiger partial charge in [-0.15, -0.1) is 11.8 Å². The number of carbonyl (C=O) groups is 2. The van der Waals surface area contributed by atoms with Gasteiger partial charge >= 0.3 is 0 Å². The fraction of sp³-hybridized carbons (Fsp3) is 0.125. The molecule has 42 heavy (non-hydrogen) atoms. The lowest BCUT2D eigenvalue weighted by atomic mass is 9.99. The maximum Gasteiger partial charge on any atom is 0.240 e. The van der Waals surface area contributed by atoms with Crippen LogP contribution in [-0.2, 0) is 16.1 Å². The Labute approximate surface area is 251 Å². The molecule has 0 saturated heterocycles. The van der Waals surface area contributed by atoms with Crippen LogP contribution in [0.3, 0.4) is 0 Å². The van der Waals surface area contributed by atoms with Crippen molar-refractivity contribution in [3.8, 4) is 16.9 Å². The zero-order chi connectivity index (χ0) is 29.1. The van der Waals surface area contributed by atoms with Crippen molar-refractivity contribution in [3.63, 3.8) is 0 Å². The third-order valence-electron chi connectivity index (χ3n) is 6.89. The molecule has 0 radical (unpaired) electrons. The van der Waals surface area contributed by atoms with Crippen LogP contribution in [0.1, 0.15) is 22.1 Å². The molecule has 0 unspecified atom stereocenters. The van der Waals surface area contributed by atoms with Crippen molar-refractivity contribution in [2.24, 2.45) is 0 Å². The van der Waals surface area contributed by atoms with Crippen LogP contribution in [0.15, 0.2) is 103 Å². The highest BCUT2D eigenvalue weighted by molar-refractivity contribution is 8.00. The van der Waals surface area contributed by atoms with E-state index in [4.69, 9.17) is 16.7 Å². The van der Waals surface area contributed by atoms with Gasteiger partial charge in [0.05, 0.1) is 34.6 Å². The van der Waals surface area contributed by atoms with Gasteiger partial charge in [0.25, 0.3) is 0 Å². The summed E-state index contributed by atoms with van der Waals surface area (Å²) in [6.45, 7) is -0.0202. The number of halogens is 2. The summed E-state index contributed by atoms with van der Waals surface area (Å²) in [7, 11) is 0. The van der Waals surface area contributed by atoms with Crippen molar-refractivity contribution >= 4 is 41.0 Å². The molecule has 1 aliphatic heterocycles. The maximum atomic E-state index is 14.0. The largest absolute Gasteiger partial charge is 0.349 e. The second-order valence-corrected chi connectivity index (χ2v) is 11.1. The molecular weight excluding hydrogens is 573 g/mol. The first-order chi connectivity index (χ1) is 20.5. The summed E-state index contributed by atoms with van der Waals surface area (Å²) >= 11 is 8.15. The van der Waals surface area contributed by atoms with E-state index in [0.717, 1.165) is 16.7 Å². The van der Waals surface area contributed by atoms with Gasteiger partial charge in [-0.25, -0.2) is 9.07 Å². The predicted octanol–water partition coefficient (Wildman–Crippen LogP) is 6.21. The molecule has 5 aromatic rings. The molecule has 0 fully saturated rings. The van der Waals surface area contributed by atoms with Gasteiger partial charge < -0.3 is 5.32 Å². The Bertz CT molecular complexity index is 1730. The van der Waals surface area contributed by atoms with E-state index >= 15 is 0 Å². The molecule has 1 aliphatic rings. The predicted molar refractivity (Wildman–Crippen MR) is 163 cm³/mol. The quantitative estimate of drug-likeness (QED) is 0.241. The first-order valence-electron chi connectivity index (χ1n) is 13.3. The summed E-state index contributed by atoms with van der Waals surface area (Å²) in [5, 5.41) is 8.06. The number of nitrogens with one attached hydrogen (secondary N) is 1. The molecule has 210 valence electrons. The fourth-order valence-electron chi connectivity index (χ4n) is 4.92. The Balaban J connectivity index is 1.52. The molecule has 0 aliphatic carbocycles. The van der Waals surface area contributed by atoms with E-state index < -0.39 is 5.82 Å². The van der Waals surface area contributed by atoms with Crippen LogP contribution in [0.25, 0.3) is 16.9 Å². The average Bonchev–Trinajstić information content (AvgIpc) is 3.34. The zero-order valence-electron chi connectivity index (χ0n) is 22.3. The summed E-state index contributed by atoms with van der Waals surface area (Å²) in [4.78, 5) is 32.8. The molecule has 3 heterocycles. The highest BCUT2D eigenvalue weighted by Crippen LogP contribution is 2.49. The van der Waals surface area contributed by atoms with Crippen molar-refractivity contribution in [2.45, 2.75) is 11.8 Å². The van der Waals surface area contributed by atoms with Crippen LogP contribution in [0, 0.1) is 5.82 Å². The van der Waals surface area contributed by atoms with E-state index in [1.54, 1.807) is 29.1 Å². The number of amides is 2. The zero-order valence-corrected chi connectivity index (χ0v) is 23.9. The van der Waals surface area contributed by atoms with E-state index in [0.29, 0.717) is 27.9 Å². The lowest BCUT2D eigenvalue weighted by molar-refractivity contribution is -0.123. The number of nitrogens with zero attached hydrogens (tertiary/aromatic N) is 4. The van der Waals surface area contributed by atoms with Crippen LogP contribution in [0.2, 0.25) is 5.02 Å². The third-order valence-corrected chi connectivity index (χ3v) is 8.47. The standard InChI is InChI=1S/C32H25ClFN5O2S/c33-26-12-5-4-11-25(26)31-29-30(21-8-2-1-3-9-21)37-39(24-15-13-22(34)14-16-24)32(29)38(28(41)20-42-31)19-27(40)36-18-23-10-6-7-17-35-23/h1-17,31H,18-20H2,(H,36,40)/t31-/m0/s1. The summed E-state index contributed by atoms with van der Waals surface area (Å²) in [6, 6.07) is 28.5. The number of carbonyl (C=O) groups excluding carboxylic acids is 2. The van der Waals surface area contributed by atoms with Crippen molar-refractivity contribution in [1.82, 2.24) is 20.1 Å². The SMILES string of the molecule is O=C(CN1C(=O)CS[C@@H](c2ccccc2Cl)c2c(-c3ccccc3)nn(-c3ccc(F)cc3)c21)NCc1ccccn1. The van der Waals surface area contributed by atoms with Crippen LogP contribution < -0.4 is 10.2 Å². The number of hydrogen-bond donors (Lipinski definition) is 1. The third kappa shape index (κ3) is 5.66. The Morgan fingerprint density at radius 3 is 2.45 bits per heavy atom. The summed E-state index contributed by atoms with van der Waals surface area (Å²) < 4.78 is 15.6. The highest BCUT2D eigenvalue weighted by Gasteiger charge is 2.38. The number of hydrogen-bond acceptors (Lipinski definition) is 5. The Morgan fingerprint density at radius 1 is 0.976 bits per heavy atom. The molecule has 2 aromatic heterocycles. The van der Waals surface area contributed by atoms with Crippen LogP contribution >= 0.6 is 23.4 Å². The molecule has 7 nitrogen and oxygen atoms in total. The van der Waals surface area contributed by atoms with Gasteiger partial charge in [0.15, 0.2) is 0 Å². The number of thioether (sulfide) groups is 1. The van der Waals surface area contributed by atoms with Crippen LogP contribution in [0.5, 0.6) is 0 Å². The summed E-state index contributed by atoms with van der Waals surface area (Å²) in [6.07, 6.45) is 1.66. The van der Waals surface area contributed by atoms with E-state index in [-0.39, 0.29) is 35.9 Å². The van der Waals surface area contributed by atoms with Gasteiger partial charge in [0, 0.05) is 22.3 Å². The average molecular weight is 598 g/mol. The molecule has 1 N–H and O–H groups in total.